The zero-order chi connectivity index (χ0) is 16.4. The first kappa shape index (κ1) is 15.3. The van der Waals surface area contributed by atoms with Crippen LogP contribution in [0.1, 0.15) is 45.6 Å². The molecule has 2 atom stereocenters. The van der Waals surface area contributed by atoms with E-state index in [2.05, 4.69) is 44.7 Å². The smallest absolute Gasteiger partial charge is 0.129 e. The Bertz CT molecular complexity index is 783. The molecule has 1 saturated carbocycles. The van der Waals surface area contributed by atoms with E-state index in [1.807, 2.05) is 12.1 Å². The predicted octanol–water partition coefficient (Wildman–Crippen LogP) is 5.60. The number of hydrogen-bond donors (Lipinski definition) is 0. The Hall–Kier alpha value is -1.28. The maximum atomic E-state index is 6.18. The summed E-state index contributed by atoms with van der Waals surface area (Å²) >= 11 is 6.18. The van der Waals surface area contributed by atoms with Gasteiger partial charge in [-0.2, -0.15) is 0 Å². The van der Waals surface area contributed by atoms with Gasteiger partial charge in [0.25, 0.3) is 0 Å². The van der Waals surface area contributed by atoms with Crippen molar-refractivity contribution in [1.82, 2.24) is 4.98 Å². The zero-order valence-electron chi connectivity index (χ0n) is 14.5. The molecular weight excluding hydrogens is 304 g/mol. The summed E-state index contributed by atoms with van der Waals surface area (Å²) in [4.78, 5) is 7.52. The molecule has 1 aliphatic heterocycles. The van der Waals surface area contributed by atoms with Crippen LogP contribution in [-0.4, -0.2) is 17.6 Å². The lowest BCUT2D eigenvalue weighted by Crippen LogP contribution is -2.35. The van der Waals surface area contributed by atoms with Crippen LogP contribution in [0.3, 0.4) is 0 Å². The lowest BCUT2D eigenvalue weighted by molar-refractivity contribution is 0.136. The highest BCUT2D eigenvalue weighted by Crippen LogP contribution is 2.53. The molecule has 2 aromatic rings. The van der Waals surface area contributed by atoms with E-state index < -0.39 is 0 Å². The fraction of sp³-hybridized carbons (Fsp3) is 0.550. The molecule has 0 N–H and O–H groups in total. The topological polar surface area (TPSA) is 16.1 Å². The second-order valence-corrected chi connectivity index (χ2v) is 9.24. The first-order chi connectivity index (χ1) is 10.7. The van der Waals surface area contributed by atoms with E-state index in [9.17, 15) is 0 Å². The Balaban J connectivity index is 1.78. The van der Waals surface area contributed by atoms with Gasteiger partial charge in [-0.05, 0) is 60.8 Å². The standard InChI is InChI=1S/C20H25ClN2/c1-13-7-18(22-17-8-14(21)5-6-16(13)17)23-12-20(4)10-15(23)9-19(2,3)11-20/h5-8,15H,9-12H2,1-4H3/t15-,20-/m0/s1. The summed E-state index contributed by atoms with van der Waals surface area (Å²) in [6.45, 7) is 10.6. The summed E-state index contributed by atoms with van der Waals surface area (Å²) in [5.74, 6) is 1.13. The summed E-state index contributed by atoms with van der Waals surface area (Å²) in [6, 6.07) is 8.89. The van der Waals surface area contributed by atoms with Crippen LogP contribution in [-0.2, 0) is 0 Å². The molecule has 2 bridgehead atoms. The second-order valence-electron chi connectivity index (χ2n) is 8.80. The van der Waals surface area contributed by atoms with Gasteiger partial charge in [-0.3, -0.25) is 0 Å². The molecule has 1 saturated heterocycles. The molecule has 0 unspecified atom stereocenters. The number of pyridine rings is 1. The Kier molecular flexibility index (Phi) is 3.22. The van der Waals surface area contributed by atoms with Crippen molar-refractivity contribution in [2.45, 2.75) is 53.0 Å². The number of anilines is 1. The quantitative estimate of drug-likeness (QED) is 0.677. The van der Waals surface area contributed by atoms with Gasteiger partial charge in [0, 0.05) is 23.0 Å². The van der Waals surface area contributed by atoms with Crippen molar-refractivity contribution < 1.29 is 0 Å². The van der Waals surface area contributed by atoms with Gasteiger partial charge in [0.05, 0.1) is 5.52 Å². The number of aryl methyl sites for hydroxylation is 1. The van der Waals surface area contributed by atoms with Gasteiger partial charge in [0.15, 0.2) is 0 Å². The summed E-state index contributed by atoms with van der Waals surface area (Å²) in [5.41, 5.74) is 3.15. The van der Waals surface area contributed by atoms with Crippen molar-refractivity contribution in [1.29, 1.82) is 0 Å². The fourth-order valence-corrected chi connectivity index (χ4v) is 5.40. The van der Waals surface area contributed by atoms with Gasteiger partial charge in [0.1, 0.15) is 5.82 Å². The first-order valence-corrected chi connectivity index (χ1v) is 8.96. The Morgan fingerprint density at radius 3 is 2.74 bits per heavy atom. The van der Waals surface area contributed by atoms with E-state index in [0.29, 0.717) is 16.9 Å². The monoisotopic (exact) mass is 328 g/mol. The third kappa shape index (κ3) is 2.61. The van der Waals surface area contributed by atoms with E-state index in [4.69, 9.17) is 16.6 Å². The minimum Gasteiger partial charge on any atom is -0.353 e. The fourth-order valence-electron chi connectivity index (χ4n) is 5.23. The second kappa shape index (κ2) is 4.86. The van der Waals surface area contributed by atoms with Gasteiger partial charge >= 0.3 is 0 Å². The number of nitrogens with zero attached hydrogens (tertiary/aromatic N) is 2. The molecule has 0 spiro atoms. The maximum Gasteiger partial charge on any atom is 0.129 e. The predicted molar refractivity (Wildman–Crippen MR) is 98.4 cm³/mol. The van der Waals surface area contributed by atoms with Gasteiger partial charge < -0.3 is 4.90 Å². The minimum atomic E-state index is 0.422. The lowest BCUT2D eigenvalue weighted by Gasteiger charge is -2.39. The highest BCUT2D eigenvalue weighted by Gasteiger charge is 2.49. The summed E-state index contributed by atoms with van der Waals surface area (Å²) in [6.07, 6.45) is 3.87. The van der Waals surface area contributed by atoms with Crippen molar-refractivity contribution in [3.63, 3.8) is 0 Å². The Morgan fingerprint density at radius 1 is 1.17 bits per heavy atom. The largest absolute Gasteiger partial charge is 0.353 e. The average molecular weight is 329 g/mol. The van der Waals surface area contributed by atoms with E-state index in [1.54, 1.807) is 0 Å². The average Bonchev–Trinajstić information content (AvgIpc) is 2.67. The minimum absolute atomic E-state index is 0.422. The van der Waals surface area contributed by atoms with Crippen LogP contribution in [0.2, 0.25) is 5.02 Å². The highest BCUT2D eigenvalue weighted by atomic mass is 35.5. The van der Waals surface area contributed by atoms with E-state index in [-0.39, 0.29) is 0 Å². The molecule has 0 amide bonds. The van der Waals surface area contributed by atoms with Crippen molar-refractivity contribution in [2.24, 2.45) is 10.8 Å². The molecule has 4 rings (SSSR count). The summed E-state index contributed by atoms with van der Waals surface area (Å²) in [7, 11) is 0. The molecule has 122 valence electrons. The molecule has 1 aromatic heterocycles. The summed E-state index contributed by atoms with van der Waals surface area (Å²) < 4.78 is 0. The SMILES string of the molecule is Cc1cc(N2C[C@@]3(C)C[C@@H]2CC(C)(C)C3)nc2cc(Cl)ccc12. The lowest BCUT2D eigenvalue weighted by atomic mass is 9.65. The molecule has 2 heterocycles. The molecule has 1 aromatic carbocycles. The molecule has 2 nitrogen and oxygen atoms in total. The molecule has 3 heteroatoms. The van der Waals surface area contributed by atoms with E-state index in [0.717, 1.165) is 22.9 Å². The van der Waals surface area contributed by atoms with Gasteiger partial charge in [-0.1, -0.05) is 38.4 Å². The molecule has 2 fully saturated rings. The highest BCUT2D eigenvalue weighted by molar-refractivity contribution is 6.31. The van der Waals surface area contributed by atoms with Gasteiger partial charge in [-0.25, -0.2) is 4.98 Å². The van der Waals surface area contributed by atoms with Crippen LogP contribution in [0.25, 0.3) is 10.9 Å². The Labute approximate surface area is 143 Å². The van der Waals surface area contributed by atoms with Gasteiger partial charge in [0.2, 0.25) is 0 Å². The van der Waals surface area contributed by atoms with Crippen LogP contribution >= 0.6 is 11.6 Å². The van der Waals surface area contributed by atoms with Crippen molar-refractivity contribution in [2.75, 3.05) is 11.4 Å². The number of halogens is 1. The van der Waals surface area contributed by atoms with Crippen molar-refractivity contribution >= 4 is 28.3 Å². The Morgan fingerprint density at radius 2 is 1.96 bits per heavy atom. The summed E-state index contributed by atoms with van der Waals surface area (Å²) in [5, 5.41) is 1.96. The van der Waals surface area contributed by atoms with Crippen molar-refractivity contribution in [3.8, 4) is 0 Å². The number of fused-ring (bicyclic) bond motifs is 3. The van der Waals surface area contributed by atoms with Crippen LogP contribution in [0.15, 0.2) is 24.3 Å². The normalized spacial score (nSPS) is 29.3. The third-order valence-corrected chi connectivity index (χ3v) is 5.91. The van der Waals surface area contributed by atoms with Crippen LogP contribution in [0.4, 0.5) is 5.82 Å². The molecule has 23 heavy (non-hydrogen) atoms. The third-order valence-electron chi connectivity index (χ3n) is 5.67. The van der Waals surface area contributed by atoms with Crippen LogP contribution < -0.4 is 4.90 Å². The first-order valence-electron chi connectivity index (χ1n) is 8.58. The number of rotatable bonds is 1. The molecule has 2 aliphatic rings. The van der Waals surface area contributed by atoms with E-state index >= 15 is 0 Å². The maximum absolute atomic E-state index is 6.18. The zero-order valence-corrected chi connectivity index (χ0v) is 15.2. The van der Waals surface area contributed by atoms with Crippen molar-refractivity contribution in [3.05, 3.63) is 34.9 Å². The number of hydrogen-bond acceptors (Lipinski definition) is 2. The van der Waals surface area contributed by atoms with Crippen LogP contribution in [0, 0.1) is 17.8 Å². The molecule has 1 aliphatic carbocycles. The molecule has 0 radical (unpaired) electrons. The molecular formula is C20H25ClN2. The number of aromatic nitrogens is 1. The van der Waals surface area contributed by atoms with E-state index in [1.165, 1.54) is 30.2 Å². The number of benzene rings is 1. The van der Waals surface area contributed by atoms with Gasteiger partial charge in [-0.15, -0.1) is 0 Å². The van der Waals surface area contributed by atoms with Crippen LogP contribution in [0.5, 0.6) is 0 Å².